The van der Waals surface area contributed by atoms with E-state index in [1.807, 2.05) is 0 Å². The van der Waals surface area contributed by atoms with Crippen LogP contribution in [0.5, 0.6) is 0 Å². The van der Waals surface area contributed by atoms with Crippen molar-refractivity contribution in [3.05, 3.63) is 59.7 Å². The van der Waals surface area contributed by atoms with Crippen molar-refractivity contribution in [1.82, 2.24) is 19.5 Å². The third-order valence-electron chi connectivity index (χ3n) is 6.48. The Morgan fingerprint density at radius 1 is 0.853 bits per heavy atom. The molecule has 0 spiro atoms. The monoisotopic (exact) mass is 468 g/mol. The molecule has 1 aliphatic rings. The lowest BCUT2D eigenvalue weighted by Gasteiger charge is -2.40. The molecule has 0 unspecified atom stereocenters. The quantitative estimate of drug-likeness (QED) is 0.160. The van der Waals surface area contributed by atoms with Crippen LogP contribution in [0.1, 0.15) is 6.23 Å². The molecule has 13 heteroatoms. The number of fused-ring (bicyclic) bond motifs is 8. The summed E-state index contributed by atoms with van der Waals surface area (Å²) in [5.41, 5.74) is -3.25. The fourth-order valence-electron chi connectivity index (χ4n) is 5.03. The number of aliphatic hydroxyl groups is 4. The minimum absolute atomic E-state index is 0.0278. The van der Waals surface area contributed by atoms with Crippen molar-refractivity contribution in [3.63, 3.8) is 0 Å². The highest BCUT2D eigenvalue weighted by Crippen LogP contribution is 2.40. The number of aliphatic hydroxyl groups excluding tert-OH is 4. The van der Waals surface area contributed by atoms with E-state index in [-0.39, 0.29) is 38.1 Å². The number of nitrogens with one attached hydrogen (secondary N) is 2. The van der Waals surface area contributed by atoms with Gasteiger partial charge in [-0.05, 0) is 12.1 Å². The van der Waals surface area contributed by atoms with Gasteiger partial charge in [0.15, 0.2) is 6.23 Å². The number of benzene rings is 1. The Balaban J connectivity index is 1.90. The molecule has 5 atom stereocenters. The highest BCUT2D eigenvalue weighted by atomic mass is 16.6. The van der Waals surface area contributed by atoms with Crippen LogP contribution in [0.3, 0.4) is 0 Å². The molecule has 1 aromatic carbocycles. The number of rotatable bonds is 2. The van der Waals surface area contributed by atoms with Crippen LogP contribution in [0.2, 0.25) is 0 Å². The first-order valence-corrected chi connectivity index (χ1v) is 10.3. The number of pyridine rings is 1. The van der Waals surface area contributed by atoms with Crippen LogP contribution in [0.4, 0.5) is 0 Å². The van der Waals surface area contributed by atoms with E-state index in [1.165, 1.54) is 10.8 Å². The summed E-state index contributed by atoms with van der Waals surface area (Å²) in [5.74, 6) is 0. The molecule has 34 heavy (non-hydrogen) atoms. The lowest BCUT2D eigenvalue weighted by Crippen LogP contribution is -2.56. The molecule has 5 aromatic rings. The van der Waals surface area contributed by atoms with E-state index >= 15 is 0 Å². The summed E-state index contributed by atoms with van der Waals surface area (Å²) in [4.78, 5) is 59.5. The van der Waals surface area contributed by atoms with Crippen molar-refractivity contribution in [2.45, 2.75) is 30.6 Å². The van der Waals surface area contributed by atoms with Gasteiger partial charge in [0.05, 0.1) is 33.7 Å². The van der Waals surface area contributed by atoms with Crippen LogP contribution >= 0.6 is 0 Å². The fraction of sp³-hybridized carbons (Fsp3) is 0.286. The topological polar surface area (TPSA) is 208 Å². The smallest absolute Gasteiger partial charge is 0.261 e. The van der Waals surface area contributed by atoms with E-state index in [0.717, 1.165) is 0 Å². The highest BCUT2D eigenvalue weighted by molar-refractivity contribution is 6.31. The van der Waals surface area contributed by atoms with Crippen LogP contribution < -0.4 is 22.2 Å². The molecule has 1 saturated heterocycles. The molecule has 0 bridgehead atoms. The summed E-state index contributed by atoms with van der Waals surface area (Å²) in [7, 11) is 0. The average Bonchev–Trinajstić information content (AvgIpc) is 3.41. The summed E-state index contributed by atoms with van der Waals surface area (Å²) in [6.45, 7) is -0.699. The van der Waals surface area contributed by atoms with Gasteiger partial charge in [0.1, 0.15) is 30.1 Å². The molecule has 1 fully saturated rings. The lowest BCUT2D eigenvalue weighted by molar-refractivity contribution is -0.249. The van der Waals surface area contributed by atoms with Crippen molar-refractivity contribution >= 4 is 43.5 Å². The molecule has 174 valence electrons. The lowest BCUT2D eigenvalue weighted by atomic mass is 9.98. The zero-order valence-electron chi connectivity index (χ0n) is 17.1. The zero-order valence-corrected chi connectivity index (χ0v) is 17.1. The second-order valence-electron chi connectivity index (χ2n) is 8.25. The van der Waals surface area contributed by atoms with Gasteiger partial charge in [-0.3, -0.25) is 33.7 Å². The molecule has 1 aliphatic heterocycles. The SMILES string of the molecule is O=c1[nH]c(=O)c2c1c1c(=O)[nH]c(=O)c1c1c2c2cccnc2n1[C@@H]1O[C@H](CO)[C@@H](O)[C@H](O)[C@H]1O. The van der Waals surface area contributed by atoms with Crippen molar-refractivity contribution < 1.29 is 25.2 Å². The van der Waals surface area contributed by atoms with Gasteiger partial charge in [-0.1, -0.05) is 0 Å². The normalized spacial score (nSPS) is 25.8. The van der Waals surface area contributed by atoms with Gasteiger partial charge in [-0.2, -0.15) is 0 Å². The van der Waals surface area contributed by atoms with Gasteiger partial charge in [-0.15, -0.1) is 0 Å². The maximum Gasteiger partial charge on any atom is 0.261 e. The molecule has 6 N–H and O–H groups in total. The number of ether oxygens (including phenoxy) is 1. The number of nitrogens with zero attached hydrogens (tertiary/aromatic N) is 2. The van der Waals surface area contributed by atoms with Crippen molar-refractivity contribution in [3.8, 4) is 0 Å². The minimum atomic E-state index is -1.75. The Bertz CT molecular complexity index is 1840. The van der Waals surface area contributed by atoms with E-state index in [0.29, 0.717) is 5.39 Å². The standard InChI is InChI=1S/C21H16N4O9/c26-4-6-13(27)14(28)15(29)21(34-6)25-12-7(5-2-1-3-22-16(5)25)8-9(18(31)23-17(8)30)10-11(12)20(33)24-19(10)32/h1-3,6,13-15,21,26-29H,4H2,(H,23,30,31)(H,24,32,33)/t6-,13-,14+,15-,21-/m1/s1. The Kier molecular flexibility index (Phi) is 4.21. The average molecular weight is 468 g/mol. The van der Waals surface area contributed by atoms with Crippen LogP contribution in [0.15, 0.2) is 37.5 Å². The summed E-state index contributed by atoms with van der Waals surface area (Å²) in [5, 5.41) is 40.5. The molecule has 5 heterocycles. The molecule has 0 amide bonds. The van der Waals surface area contributed by atoms with Gasteiger partial charge in [0.25, 0.3) is 22.2 Å². The van der Waals surface area contributed by atoms with Gasteiger partial charge in [0.2, 0.25) is 0 Å². The molecule has 13 nitrogen and oxygen atoms in total. The highest BCUT2D eigenvalue weighted by Gasteiger charge is 2.45. The van der Waals surface area contributed by atoms with Crippen molar-refractivity contribution in [2.24, 2.45) is 0 Å². The Labute approximate surface area is 185 Å². The van der Waals surface area contributed by atoms with E-state index in [9.17, 15) is 39.6 Å². The van der Waals surface area contributed by atoms with Gasteiger partial charge in [-0.25, -0.2) is 4.98 Å². The summed E-state index contributed by atoms with van der Waals surface area (Å²) in [6, 6.07) is 3.13. The molecule has 6 rings (SSSR count). The number of aromatic amines is 2. The van der Waals surface area contributed by atoms with Crippen LogP contribution in [-0.4, -0.2) is 71.0 Å². The van der Waals surface area contributed by atoms with Gasteiger partial charge >= 0.3 is 0 Å². The molecule has 4 aromatic heterocycles. The summed E-state index contributed by atoms with van der Waals surface area (Å²) >= 11 is 0. The van der Waals surface area contributed by atoms with E-state index in [1.54, 1.807) is 12.1 Å². The Morgan fingerprint density at radius 3 is 2.09 bits per heavy atom. The first-order chi connectivity index (χ1) is 16.3. The first-order valence-electron chi connectivity index (χ1n) is 10.3. The minimum Gasteiger partial charge on any atom is -0.394 e. The van der Waals surface area contributed by atoms with Crippen LogP contribution in [-0.2, 0) is 4.74 Å². The summed E-state index contributed by atoms with van der Waals surface area (Å²) in [6.07, 6.45) is -6.49. The predicted molar refractivity (Wildman–Crippen MR) is 117 cm³/mol. The third-order valence-corrected chi connectivity index (χ3v) is 6.48. The molecule has 0 saturated carbocycles. The molecular weight excluding hydrogens is 452 g/mol. The van der Waals surface area contributed by atoms with Crippen molar-refractivity contribution in [2.75, 3.05) is 6.61 Å². The number of hydrogen-bond acceptors (Lipinski definition) is 10. The number of aromatic nitrogens is 4. The third kappa shape index (κ3) is 2.41. The molecular formula is C21H16N4O9. The number of hydrogen-bond donors (Lipinski definition) is 6. The second-order valence-corrected chi connectivity index (χ2v) is 8.25. The van der Waals surface area contributed by atoms with Crippen LogP contribution in [0, 0.1) is 0 Å². The Hall–Kier alpha value is -3.75. The predicted octanol–water partition coefficient (Wildman–Crippen LogP) is -2.56. The van der Waals surface area contributed by atoms with Gasteiger partial charge < -0.3 is 25.2 Å². The van der Waals surface area contributed by atoms with Gasteiger partial charge in [0, 0.05) is 17.0 Å². The Morgan fingerprint density at radius 2 is 1.44 bits per heavy atom. The largest absolute Gasteiger partial charge is 0.394 e. The van der Waals surface area contributed by atoms with E-state index in [2.05, 4.69) is 15.0 Å². The van der Waals surface area contributed by atoms with E-state index < -0.39 is 59.5 Å². The maximum atomic E-state index is 12.9. The maximum absolute atomic E-state index is 12.9. The first kappa shape index (κ1) is 20.8. The molecule has 0 aliphatic carbocycles. The second kappa shape index (κ2) is 6.88. The van der Waals surface area contributed by atoms with Crippen molar-refractivity contribution in [1.29, 1.82) is 0 Å². The fourth-order valence-corrected chi connectivity index (χ4v) is 5.03. The summed E-state index contributed by atoms with van der Waals surface area (Å²) < 4.78 is 6.95. The van der Waals surface area contributed by atoms with Crippen LogP contribution in [0.25, 0.3) is 43.5 Å². The zero-order chi connectivity index (χ0) is 24.0. The number of H-pyrrole nitrogens is 2. The molecule has 0 radical (unpaired) electrons. The van der Waals surface area contributed by atoms with E-state index in [4.69, 9.17) is 4.74 Å².